The summed E-state index contributed by atoms with van der Waals surface area (Å²) in [7, 11) is -3.78. The first kappa shape index (κ1) is 17.9. The van der Waals surface area contributed by atoms with Crippen LogP contribution in [0.2, 0.25) is 0 Å². The predicted molar refractivity (Wildman–Crippen MR) is 103 cm³/mol. The van der Waals surface area contributed by atoms with Crippen molar-refractivity contribution in [1.29, 1.82) is 0 Å². The van der Waals surface area contributed by atoms with Crippen molar-refractivity contribution in [3.63, 3.8) is 0 Å². The molecule has 2 aromatic carbocycles. The number of hydrogen-bond acceptors (Lipinski definition) is 4. The molecule has 5 nitrogen and oxygen atoms in total. The van der Waals surface area contributed by atoms with Crippen molar-refractivity contribution in [2.45, 2.75) is 31.0 Å². The number of sulfone groups is 1. The van der Waals surface area contributed by atoms with E-state index in [1.165, 1.54) is 11.8 Å². The number of nitrogens with zero attached hydrogens (tertiary/aromatic N) is 1. The second-order valence-electron chi connectivity index (χ2n) is 6.18. The fourth-order valence-electron chi connectivity index (χ4n) is 3.30. The summed E-state index contributed by atoms with van der Waals surface area (Å²) in [5, 5.41) is 2.13. The lowest BCUT2D eigenvalue weighted by Crippen LogP contribution is -2.51. The summed E-state index contributed by atoms with van der Waals surface area (Å²) in [6.07, 6.45) is 0. The van der Waals surface area contributed by atoms with Crippen LogP contribution in [0.1, 0.15) is 18.1 Å². The molecule has 1 atom stereocenters. The van der Waals surface area contributed by atoms with Gasteiger partial charge in [0.25, 0.3) is 0 Å². The highest BCUT2D eigenvalue weighted by molar-refractivity contribution is 9.10. The molecule has 0 fully saturated rings. The third-order valence-corrected chi connectivity index (χ3v) is 7.37. The molecule has 0 bridgehead atoms. The van der Waals surface area contributed by atoms with E-state index in [2.05, 4.69) is 21.2 Å². The standard InChI is InChI=1S/C18H19BrN2O3S/c1-11-8-12(2)18(14(19)9-11)25(23,24)17-10-20-15-6-4-5-7-16(15)21(17)13(3)22/h4-9,17,20H,10H2,1-3H3/t17-/m0/s1. The highest BCUT2D eigenvalue weighted by Crippen LogP contribution is 2.37. The Kier molecular flexibility index (Phi) is 4.64. The van der Waals surface area contributed by atoms with Crippen LogP contribution in [-0.4, -0.2) is 26.2 Å². The lowest BCUT2D eigenvalue weighted by atomic mass is 10.2. The van der Waals surface area contributed by atoms with Crippen LogP contribution in [0.4, 0.5) is 11.4 Å². The van der Waals surface area contributed by atoms with Crippen molar-refractivity contribution in [2.75, 3.05) is 16.8 Å². The van der Waals surface area contributed by atoms with Crippen molar-refractivity contribution in [3.05, 3.63) is 52.0 Å². The van der Waals surface area contributed by atoms with Gasteiger partial charge in [-0.15, -0.1) is 0 Å². The largest absolute Gasteiger partial charge is 0.380 e. The lowest BCUT2D eigenvalue weighted by molar-refractivity contribution is -0.116. The van der Waals surface area contributed by atoms with Gasteiger partial charge in [-0.3, -0.25) is 9.69 Å². The number of amides is 1. The number of carbonyl (C=O) groups excluding carboxylic acids is 1. The molecule has 7 heteroatoms. The van der Waals surface area contributed by atoms with Gasteiger partial charge in [0.05, 0.1) is 22.8 Å². The van der Waals surface area contributed by atoms with Gasteiger partial charge in [-0.05, 0) is 59.1 Å². The number of carbonyl (C=O) groups is 1. The molecule has 0 unspecified atom stereocenters. The molecule has 1 heterocycles. The fraction of sp³-hybridized carbons (Fsp3) is 0.278. The Morgan fingerprint density at radius 3 is 2.56 bits per heavy atom. The molecule has 0 radical (unpaired) electrons. The van der Waals surface area contributed by atoms with Crippen molar-refractivity contribution >= 4 is 43.0 Å². The van der Waals surface area contributed by atoms with Crippen LogP contribution < -0.4 is 10.2 Å². The molecule has 1 aliphatic heterocycles. The normalized spacial score (nSPS) is 17.0. The van der Waals surface area contributed by atoms with Crippen LogP contribution in [0.15, 0.2) is 45.8 Å². The summed E-state index contributed by atoms with van der Waals surface area (Å²) in [5.41, 5.74) is 2.97. The maximum absolute atomic E-state index is 13.4. The molecule has 0 spiro atoms. The van der Waals surface area contributed by atoms with Crippen LogP contribution >= 0.6 is 15.9 Å². The maximum Gasteiger partial charge on any atom is 0.225 e. The zero-order valence-corrected chi connectivity index (χ0v) is 16.6. The Morgan fingerprint density at radius 1 is 1.24 bits per heavy atom. The molecule has 1 aliphatic rings. The minimum absolute atomic E-state index is 0.138. The average Bonchev–Trinajstić information content (AvgIpc) is 2.52. The topological polar surface area (TPSA) is 66.5 Å². The quantitative estimate of drug-likeness (QED) is 0.801. The Labute approximate surface area is 156 Å². The van der Waals surface area contributed by atoms with E-state index in [0.717, 1.165) is 11.3 Å². The minimum Gasteiger partial charge on any atom is -0.380 e. The first-order valence-electron chi connectivity index (χ1n) is 7.87. The van der Waals surface area contributed by atoms with Crippen LogP contribution in [0.3, 0.4) is 0 Å². The first-order chi connectivity index (χ1) is 11.7. The Morgan fingerprint density at radius 2 is 1.92 bits per heavy atom. The van der Waals surface area contributed by atoms with E-state index in [0.29, 0.717) is 15.7 Å². The van der Waals surface area contributed by atoms with Gasteiger partial charge in [-0.25, -0.2) is 8.42 Å². The highest BCUT2D eigenvalue weighted by atomic mass is 79.9. The Bertz CT molecular complexity index is 934. The number of halogens is 1. The zero-order chi connectivity index (χ0) is 18.4. The summed E-state index contributed by atoms with van der Waals surface area (Å²) in [5.74, 6) is -0.302. The Hall–Kier alpha value is -1.86. The summed E-state index contributed by atoms with van der Waals surface area (Å²) in [4.78, 5) is 13.9. The fourth-order valence-corrected chi connectivity index (χ4v) is 6.60. The molecular formula is C18H19BrN2O3S. The zero-order valence-electron chi connectivity index (χ0n) is 14.2. The molecule has 0 saturated carbocycles. The number of benzene rings is 2. The van der Waals surface area contributed by atoms with Gasteiger partial charge >= 0.3 is 0 Å². The summed E-state index contributed by atoms with van der Waals surface area (Å²) in [6, 6.07) is 10.8. The summed E-state index contributed by atoms with van der Waals surface area (Å²) < 4.78 is 27.3. The third kappa shape index (κ3) is 3.06. The third-order valence-electron chi connectivity index (χ3n) is 4.27. The second-order valence-corrected chi connectivity index (χ2v) is 9.08. The number of anilines is 2. The first-order valence-corrected chi connectivity index (χ1v) is 10.2. The number of hydrogen-bond donors (Lipinski definition) is 1. The van der Waals surface area contributed by atoms with Gasteiger partial charge < -0.3 is 5.32 Å². The predicted octanol–water partition coefficient (Wildman–Crippen LogP) is 3.64. The molecule has 1 N–H and O–H groups in total. The maximum atomic E-state index is 13.4. The monoisotopic (exact) mass is 422 g/mol. The van der Waals surface area contributed by atoms with Crippen LogP contribution in [0, 0.1) is 13.8 Å². The van der Waals surface area contributed by atoms with Crippen LogP contribution in [0.25, 0.3) is 0 Å². The number of fused-ring (bicyclic) bond motifs is 1. The van der Waals surface area contributed by atoms with Gasteiger partial charge in [0.15, 0.2) is 5.37 Å². The molecule has 3 rings (SSSR count). The molecule has 0 aliphatic carbocycles. The van der Waals surface area contributed by atoms with E-state index in [1.807, 2.05) is 25.1 Å². The average molecular weight is 423 g/mol. The van der Waals surface area contributed by atoms with E-state index < -0.39 is 15.2 Å². The lowest BCUT2D eigenvalue weighted by Gasteiger charge is -2.37. The second kappa shape index (κ2) is 6.46. The SMILES string of the molecule is CC(=O)N1c2ccccc2NC[C@@H]1S(=O)(=O)c1c(C)cc(C)cc1Br. The van der Waals surface area contributed by atoms with Gasteiger partial charge in [0.1, 0.15) is 0 Å². The van der Waals surface area contributed by atoms with Crippen molar-refractivity contribution in [1.82, 2.24) is 0 Å². The molecular weight excluding hydrogens is 404 g/mol. The molecule has 0 saturated heterocycles. The van der Waals surface area contributed by atoms with Crippen molar-refractivity contribution in [3.8, 4) is 0 Å². The summed E-state index contributed by atoms with van der Waals surface area (Å²) in [6.45, 7) is 5.21. The summed E-state index contributed by atoms with van der Waals surface area (Å²) >= 11 is 3.39. The van der Waals surface area contributed by atoms with E-state index >= 15 is 0 Å². The van der Waals surface area contributed by atoms with Gasteiger partial charge in [0.2, 0.25) is 15.7 Å². The van der Waals surface area contributed by atoms with Crippen molar-refractivity contribution < 1.29 is 13.2 Å². The smallest absolute Gasteiger partial charge is 0.225 e. The van der Waals surface area contributed by atoms with Crippen LogP contribution in [0.5, 0.6) is 0 Å². The van der Waals surface area contributed by atoms with Crippen molar-refractivity contribution in [2.24, 2.45) is 0 Å². The van der Waals surface area contributed by atoms with Gasteiger partial charge in [0, 0.05) is 11.4 Å². The van der Waals surface area contributed by atoms with Crippen LogP contribution in [-0.2, 0) is 14.6 Å². The molecule has 0 aromatic heterocycles. The van der Waals surface area contributed by atoms with E-state index in [4.69, 9.17) is 0 Å². The Balaban J connectivity index is 2.17. The van der Waals surface area contributed by atoms with E-state index in [-0.39, 0.29) is 17.3 Å². The molecule has 25 heavy (non-hydrogen) atoms. The minimum atomic E-state index is -3.78. The van der Waals surface area contributed by atoms with Gasteiger partial charge in [-0.1, -0.05) is 18.2 Å². The number of nitrogens with one attached hydrogen (secondary N) is 1. The van der Waals surface area contributed by atoms with Gasteiger partial charge in [-0.2, -0.15) is 0 Å². The highest BCUT2D eigenvalue weighted by Gasteiger charge is 2.40. The number of aryl methyl sites for hydroxylation is 2. The number of rotatable bonds is 2. The van der Waals surface area contributed by atoms with E-state index in [1.54, 1.807) is 25.1 Å². The molecule has 2 aromatic rings. The van der Waals surface area contributed by atoms with E-state index in [9.17, 15) is 13.2 Å². The number of para-hydroxylation sites is 2. The molecule has 1 amide bonds. The molecule has 132 valence electrons.